The summed E-state index contributed by atoms with van der Waals surface area (Å²) in [6.45, 7) is 5.20. The van der Waals surface area contributed by atoms with Crippen LogP contribution in [0.2, 0.25) is 0 Å². The molecule has 23 heavy (non-hydrogen) atoms. The molecule has 0 aliphatic carbocycles. The van der Waals surface area contributed by atoms with E-state index in [-0.39, 0.29) is 18.1 Å². The van der Waals surface area contributed by atoms with Gasteiger partial charge in [0.05, 0.1) is 12.0 Å². The molecule has 1 saturated heterocycles. The molecule has 1 aliphatic rings. The highest BCUT2D eigenvalue weighted by atomic mass is 16.5. The lowest BCUT2D eigenvalue weighted by atomic mass is 9.97. The van der Waals surface area contributed by atoms with E-state index in [1.165, 1.54) is 0 Å². The number of hydrogen-bond donors (Lipinski definition) is 2. The molecule has 126 valence electrons. The van der Waals surface area contributed by atoms with Crippen LogP contribution in [0.4, 0.5) is 4.79 Å². The van der Waals surface area contributed by atoms with Gasteiger partial charge in [-0.2, -0.15) is 0 Å². The van der Waals surface area contributed by atoms with E-state index in [9.17, 15) is 9.59 Å². The van der Waals surface area contributed by atoms with Crippen LogP contribution in [0.25, 0.3) is 0 Å². The summed E-state index contributed by atoms with van der Waals surface area (Å²) in [7, 11) is 0. The molecule has 2 N–H and O–H groups in total. The zero-order valence-electron chi connectivity index (χ0n) is 13.5. The van der Waals surface area contributed by atoms with Gasteiger partial charge in [-0.1, -0.05) is 6.07 Å². The number of ether oxygens (including phenoxy) is 1. The first-order valence-corrected chi connectivity index (χ1v) is 7.83. The molecule has 0 bridgehead atoms. The summed E-state index contributed by atoms with van der Waals surface area (Å²) in [5.74, 6) is -0.553. The molecule has 0 spiro atoms. The third-order valence-electron chi connectivity index (χ3n) is 3.73. The van der Waals surface area contributed by atoms with E-state index in [1.54, 1.807) is 17.2 Å². The molecule has 0 unspecified atom stereocenters. The van der Waals surface area contributed by atoms with Gasteiger partial charge in [-0.3, -0.25) is 4.79 Å². The van der Waals surface area contributed by atoms with Crippen LogP contribution in [0.15, 0.2) is 18.3 Å². The van der Waals surface area contributed by atoms with Crippen molar-refractivity contribution < 1.29 is 19.4 Å². The van der Waals surface area contributed by atoms with Crippen molar-refractivity contribution in [3.8, 4) is 5.88 Å². The van der Waals surface area contributed by atoms with Crippen molar-refractivity contribution in [2.45, 2.75) is 39.3 Å². The van der Waals surface area contributed by atoms with Crippen molar-refractivity contribution in [2.75, 3.05) is 13.1 Å². The maximum absolute atomic E-state index is 12.1. The number of hydrogen-bond acceptors (Lipinski definition) is 4. The molecule has 7 nitrogen and oxygen atoms in total. The van der Waals surface area contributed by atoms with Gasteiger partial charge >= 0.3 is 12.0 Å². The molecule has 1 aliphatic heterocycles. The first kappa shape index (κ1) is 17.1. The number of rotatable bonds is 5. The Balaban J connectivity index is 1.77. The van der Waals surface area contributed by atoms with Gasteiger partial charge in [0.1, 0.15) is 0 Å². The largest absolute Gasteiger partial charge is 0.481 e. The number of nitrogens with zero attached hydrogens (tertiary/aromatic N) is 2. The van der Waals surface area contributed by atoms with Crippen LogP contribution in [0.1, 0.15) is 32.3 Å². The number of pyridine rings is 1. The highest BCUT2D eigenvalue weighted by Crippen LogP contribution is 2.17. The Hall–Kier alpha value is -2.31. The fourth-order valence-electron chi connectivity index (χ4n) is 2.45. The molecule has 2 rings (SSSR count). The SMILES string of the molecule is CC(C)Oc1ccc(CNC(=O)N2CCC(C(=O)O)CC2)cn1. The molecular formula is C16H23N3O4. The maximum atomic E-state index is 12.1. The molecule has 2 heterocycles. The van der Waals surface area contributed by atoms with E-state index in [4.69, 9.17) is 9.84 Å². The lowest BCUT2D eigenvalue weighted by Gasteiger charge is -2.30. The third-order valence-corrected chi connectivity index (χ3v) is 3.73. The standard InChI is InChI=1S/C16H23N3O4/c1-11(2)23-14-4-3-12(9-17-14)10-18-16(22)19-7-5-13(6-8-19)15(20)21/h3-4,9,11,13H,5-8,10H2,1-2H3,(H,18,22)(H,20,21). The number of aliphatic carboxylic acids is 1. The van der Waals surface area contributed by atoms with Gasteiger partial charge in [-0.05, 0) is 32.3 Å². The Kier molecular flexibility index (Phi) is 5.78. The summed E-state index contributed by atoms with van der Waals surface area (Å²) in [4.78, 5) is 28.8. The zero-order valence-corrected chi connectivity index (χ0v) is 13.5. The second kappa shape index (κ2) is 7.80. The zero-order chi connectivity index (χ0) is 16.8. The quantitative estimate of drug-likeness (QED) is 0.864. The van der Waals surface area contributed by atoms with E-state index in [0.717, 1.165) is 5.56 Å². The molecule has 0 aromatic carbocycles. The number of carbonyl (C=O) groups is 2. The van der Waals surface area contributed by atoms with E-state index in [0.29, 0.717) is 38.4 Å². The topological polar surface area (TPSA) is 91.8 Å². The van der Waals surface area contributed by atoms with Gasteiger partial charge in [0.2, 0.25) is 5.88 Å². The van der Waals surface area contributed by atoms with Crippen LogP contribution in [0, 0.1) is 5.92 Å². The van der Waals surface area contributed by atoms with Gasteiger partial charge in [0, 0.05) is 31.9 Å². The van der Waals surface area contributed by atoms with E-state index in [2.05, 4.69) is 10.3 Å². The number of piperidine rings is 1. The van der Waals surface area contributed by atoms with Crippen molar-refractivity contribution in [2.24, 2.45) is 5.92 Å². The summed E-state index contributed by atoms with van der Waals surface area (Å²) in [5, 5.41) is 11.8. The molecule has 1 aromatic heterocycles. The van der Waals surface area contributed by atoms with Crippen LogP contribution in [0.5, 0.6) is 5.88 Å². The summed E-state index contributed by atoms with van der Waals surface area (Å²) in [6.07, 6.45) is 2.76. The molecular weight excluding hydrogens is 298 g/mol. The van der Waals surface area contributed by atoms with E-state index >= 15 is 0 Å². The monoisotopic (exact) mass is 321 g/mol. The minimum atomic E-state index is -0.778. The van der Waals surface area contributed by atoms with E-state index < -0.39 is 5.97 Å². The second-order valence-electron chi connectivity index (χ2n) is 5.93. The fourth-order valence-corrected chi connectivity index (χ4v) is 2.45. The number of nitrogens with one attached hydrogen (secondary N) is 1. The number of amides is 2. The predicted octanol–water partition coefficient (Wildman–Crippen LogP) is 1.88. The van der Waals surface area contributed by atoms with Crippen LogP contribution in [0.3, 0.4) is 0 Å². The average Bonchev–Trinajstić information content (AvgIpc) is 2.53. The summed E-state index contributed by atoms with van der Waals surface area (Å²) in [6, 6.07) is 3.47. The van der Waals surface area contributed by atoms with Crippen molar-refractivity contribution in [3.63, 3.8) is 0 Å². The Labute approximate surface area is 135 Å². The van der Waals surface area contributed by atoms with E-state index in [1.807, 2.05) is 19.9 Å². The Bertz CT molecular complexity index is 537. The average molecular weight is 321 g/mol. The first-order chi connectivity index (χ1) is 11.0. The summed E-state index contributed by atoms with van der Waals surface area (Å²) >= 11 is 0. The second-order valence-corrected chi connectivity index (χ2v) is 5.93. The van der Waals surface area contributed by atoms with Crippen molar-refractivity contribution >= 4 is 12.0 Å². The first-order valence-electron chi connectivity index (χ1n) is 7.83. The Morgan fingerprint density at radius 1 is 1.39 bits per heavy atom. The van der Waals surface area contributed by atoms with Crippen molar-refractivity contribution in [3.05, 3.63) is 23.9 Å². The van der Waals surface area contributed by atoms with Gasteiger partial charge in [-0.25, -0.2) is 9.78 Å². The fraction of sp³-hybridized carbons (Fsp3) is 0.562. The van der Waals surface area contributed by atoms with Gasteiger partial charge in [0.15, 0.2) is 0 Å². The van der Waals surface area contributed by atoms with Gasteiger partial charge < -0.3 is 20.1 Å². The Morgan fingerprint density at radius 2 is 2.09 bits per heavy atom. The number of urea groups is 1. The summed E-state index contributed by atoms with van der Waals surface area (Å²) in [5.41, 5.74) is 0.884. The number of aromatic nitrogens is 1. The summed E-state index contributed by atoms with van der Waals surface area (Å²) < 4.78 is 5.46. The number of carboxylic acids is 1. The van der Waals surface area contributed by atoms with Gasteiger partial charge in [-0.15, -0.1) is 0 Å². The molecule has 0 radical (unpaired) electrons. The Morgan fingerprint density at radius 3 is 2.61 bits per heavy atom. The molecule has 0 atom stereocenters. The molecule has 0 saturated carbocycles. The normalized spacial score (nSPS) is 15.5. The van der Waals surface area contributed by atoms with Crippen molar-refractivity contribution in [1.29, 1.82) is 0 Å². The number of likely N-dealkylation sites (tertiary alicyclic amines) is 1. The minimum Gasteiger partial charge on any atom is -0.481 e. The molecule has 1 fully saturated rings. The highest BCUT2D eigenvalue weighted by Gasteiger charge is 2.26. The van der Waals surface area contributed by atoms with Crippen LogP contribution in [-0.4, -0.2) is 46.2 Å². The number of carbonyl (C=O) groups excluding carboxylic acids is 1. The molecule has 7 heteroatoms. The van der Waals surface area contributed by atoms with Crippen LogP contribution < -0.4 is 10.1 Å². The highest BCUT2D eigenvalue weighted by molar-refractivity contribution is 5.75. The minimum absolute atomic E-state index is 0.0711. The molecule has 2 amide bonds. The maximum Gasteiger partial charge on any atom is 0.317 e. The molecule has 1 aromatic rings. The number of carboxylic acid groups (broad SMARTS) is 1. The third kappa shape index (κ3) is 5.12. The van der Waals surface area contributed by atoms with Crippen molar-refractivity contribution in [1.82, 2.24) is 15.2 Å². The lowest BCUT2D eigenvalue weighted by Crippen LogP contribution is -2.45. The van der Waals surface area contributed by atoms with Crippen LogP contribution >= 0.6 is 0 Å². The lowest BCUT2D eigenvalue weighted by molar-refractivity contribution is -0.143. The predicted molar refractivity (Wildman–Crippen MR) is 84.2 cm³/mol. The van der Waals surface area contributed by atoms with Crippen LogP contribution in [-0.2, 0) is 11.3 Å². The smallest absolute Gasteiger partial charge is 0.317 e. The van der Waals surface area contributed by atoms with Gasteiger partial charge in [0.25, 0.3) is 0 Å².